The van der Waals surface area contributed by atoms with E-state index in [1.807, 2.05) is 30.6 Å². The van der Waals surface area contributed by atoms with E-state index in [-0.39, 0.29) is 0 Å². The molecule has 0 spiro atoms. The molecule has 0 amide bonds. The Balaban J connectivity index is 1.84. The van der Waals surface area contributed by atoms with Gasteiger partial charge in [0.1, 0.15) is 0 Å². The highest BCUT2D eigenvalue weighted by Gasteiger charge is 2.31. The number of hydrogen-bond acceptors (Lipinski definition) is 4. The lowest BCUT2D eigenvalue weighted by Crippen LogP contribution is -2.02. The van der Waals surface area contributed by atoms with Crippen LogP contribution in [-0.2, 0) is 6.42 Å². The molecule has 0 fully saturated rings. The molecule has 6 heteroatoms. The average Bonchev–Trinajstić information content (AvgIpc) is 3.54. The van der Waals surface area contributed by atoms with Crippen molar-refractivity contribution in [2.24, 2.45) is 0 Å². The second-order valence-corrected chi connectivity index (χ2v) is 9.16. The first-order valence-corrected chi connectivity index (χ1v) is 12.2. The van der Waals surface area contributed by atoms with Crippen LogP contribution in [0.1, 0.15) is 19.4 Å². The van der Waals surface area contributed by atoms with Gasteiger partial charge in [0.25, 0.3) is 0 Å². The van der Waals surface area contributed by atoms with Gasteiger partial charge in [0.2, 0.25) is 0 Å². The molecule has 0 saturated carbocycles. The standard InChI is InChI=1S/C31H32N2O4/c1-18(2)14-15-19-10-9-12-21-23(17-33-27(19)21)26-30(36-5)28(34-3)25(29(35-4)31(26)37-6)22-16-32-24-13-8-7-11-20(22)24/h7-14,16-17,32-33H,15H2,1-6H3. The molecule has 0 atom stereocenters. The van der Waals surface area contributed by atoms with Crippen LogP contribution in [-0.4, -0.2) is 38.4 Å². The highest BCUT2D eigenvalue weighted by Crippen LogP contribution is 2.58. The molecule has 5 rings (SSSR count). The quantitative estimate of drug-likeness (QED) is 0.218. The number of aromatic nitrogens is 2. The van der Waals surface area contributed by atoms with Crippen LogP contribution >= 0.6 is 0 Å². The Kier molecular flexibility index (Phi) is 6.57. The van der Waals surface area contributed by atoms with Gasteiger partial charge in [-0.05, 0) is 31.9 Å². The Hall–Kier alpha value is -4.32. The fraction of sp³-hybridized carbons (Fsp3) is 0.226. The number of H-pyrrole nitrogens is 2. The molecule has 3 aromatic carbocycles. The summed E-state index contributed by atoms with van der Waals surface area (Å²) in [5, 5.41) is 2.12. The number of hydrogen-bond donors (Lipinski definition) is 2. The van der Waals surface area contributed by atoms with Crippen molar-refractivity contribution in [2.75, 3.05) is 28.4 Å². The zero-order valence-electron chi connectivity index (χ0n) is 22.1. The molecular formula is C31H32N2O4. The molecule has 0 aliphatic heterocycles. The van der Waals surface area contributed by atoms with Gasteiger partial charge in [0.05, 0.1) is 39.6 Å². The number of methoxy groups -OCH3 is 4. The highest BCUT2D eigenvalue weighted by atomic mass is 16.5. The number of fused-ring (bicyclic) bond motifs is 2. The van der Waals surface area contributed by atoms with Crippen LogP contribution in [0.4, 0.5) is 0 Å². The van der Waals surface area contributed by atoms with Crippen molar-refractivity contribution in [3.63, 3.8) is 0 Å². The predicted octanol–water partition coefficient (Wildman–Crippen LogP) is 7.53. The lowest BCUT2D eigenvalue weighted by molar-refractivity contribution is 0.333. The van der Waals surface area contributed by atoms with E-state index in [2.05, 4.69) is 54.2 Å². The number of aromatic amines is 2. The Morgan fingerprint density at radius 2 is 1.22 bits per heavy atom. The summed E-state index contributed by atoms with van der Waals surface area (Å²) in [7, 11) is 6.61. The van der Waals surface area contributed by atoms with Crippen molar-refractivity contribution in [3.05, 3.63) is 72.1 Å². The third-order valence-electron chi connectivity index (χ3n) is 6.80. The van der Waals surface area contributed by atoms with Crippen LogP contribution in [0.15, 0.2) is 66.5 Å². The second kappa shape index (κ2) is 9.97. The van der Waals surface area contributed by atoms with Crippen LogP contribution in [0.25, 0.3) is 44.1 Å². The van der Waals surface area contributed by atoms with E-state index in [4.69, 9.17) is 18.9 Å². The number of ether oxygens (including phenoxy) is 4. The first kappa shape index (κ1) is 24.4. The van der Waals surface area contributed by atoms with E-state index in [1.165, 1.54) is 11.1 Å². The van der Waals surface area contributed by atoms with Crippen LogP contribution < -0.4 is 18.9 Å². The van der Waals surface area contributed by atoms with Gasteiger partial charge in [-0.25, -0.2) is 0 Å². The van der Waals surface area contributed by atoms with Crippen LogP contribution in [0.3, 0.4) is 0 Å². The molecular weight excluding hydrogens is 464 g/mol. The Morgan fingerprint density at radius 1 is 0.676 bits per heavy atom. The topological polar surface area (TPSA) is 68.5 Å². The summed E-state index contributed by atoms with van der Waals surface area (Å²) in [5.41, 5.74) is 8.03. The van der Waals surface area contributed by atoms with Crippen molar-refractivity contribution in [1.82, 2.24) is 9.97 Å². The van der Waals surface area contributed by atoms with Crippen molar-refractivity contribution < 1.29 is 18.9 Å². The summed E-state index contributed by atoms with van der Waals surface area (Å²) in [6, 6.07) is 14.5. The molecule has 5 aromatic rings. The molecule has 0 aliphatic rings. The minimum Gasteiger partial charge on any atom is -0.492 e. The maximum atomic E-state index is 6.05. The van der Waals surface area contributed by atoms with Gasteiger partial charge in [-0.1, -0.05) is 48.0 Å². The Labute approximate surface area is 216 Å². The van der Waals surface area contributed by atoms with Crippen LogP contribution in [0, 0.1) is 0 Å². The second-order valence-electron chi connectivity index (χ2n) is 9.16. The molecule has 0 unspecified atom stereocenters. The number of rotatable bonds is 8. The van der Waals surface area contributed by atoms with E-state index in [1.54, 1.807) is 28.4 Å². The van der Waals surface area contributed by atoms with Gasteiger partial charge in [0.15, 0.2) is 23.0 Å². The molecule has 37 heavy (non-hydrogen) atoms. The number of para-hydroxylation sites is 2. The number of benzene rings is 3. The van der Waals surface area contributed by atoms with Gasteiger partial charge >= 0.3 is 0 Å². The zero-order chi connectivity index (χ0) is 26.1. The maximum Gasteiger partial charge on any atom is 0.173 e. The third-order valence-corrected chi connectivity index (χ3v) is 6.80. The van der Waals surface area contributed by atoms with E-state index in [9.17, 15) is 0 Å². The summed E-state index contributed by atoms with van der Waals surface area (Å²) in [6.07, 6.45) is 7.05. The van der Waals surface area contributed by atoms with Gasteiger partial charge in [-0.15, -0.1) is 0 Å². The Morgan fingerprint density at radius 3 is 1.81 bits per heavy atom. The molecule has 2 heterocycles. The van der Waals surface area contributed by atoms with Crippen LogP contribution in [0.2, 0.25) is 0 Å². The minimum atomic E-state index is 0.579. The van der Waals surface area contributed by atoms with E-state index in [0.717, 1.165) is 50.5 Å². The van der Waals surface area contributed by atoms with Crippen molar-refractivity contribution in [2.45, 2.75) is 20.3 Å². The summed E-state index contributed by atoms with van der Waals surface area (Å²) in [4.78, 5) is 6.85. The maximum absolute atomic E-state index is 6.05. The molecule has 2 N–H and O–H groups in total. The largest absolute Gasteiger partial charge is 0.492 e. The fourth-order valence-electron chi connectivity index (χ4n) is 5.12. The van der Waals surface area contributed by atoms with E-state index < -0.39 is 0 Å². The highest BCUT2D eigenvalue weighted by molar-refractivity contribution is 6.06. The van der Waals surface area contributed by atoms with Crippen LogP contribution in [0.5, 0.6) is 23.0 Å². The number of allylic oxidation sites excluding steroid dienone is 2. The summed E-state index contributed by atoms with van der Waals surface area (Å²) in [5.74, 6) is 2.32. The van der Waals surface area contributed by atoms with Crippen molar-refractivity contribution in [1.29, 1.82) is 0 Å². The monoisotopic (exact) mass is 496 g/mol. The predicted molar refractivity (Wildman–Crippen MR) is 150 cm³/mol. The van der Waals surface area contributed by atoms with E-state index in [0.29, 0.717) is 23.0 Å². The summed E-state index contributed by atoms with van der Waals surface area (Å²) < 4.78 is 24.2. The lowest BCUT2D eigenvalue weighted by Gasteiger charge is -2.23. The fourth-order valence-corrected chi connectivity index (χ4v) is 5.12. The Bertz CT molecular complexity index is 1590. The molecule has 0 bridgehead atoms. The van der Waals surface area contributed by atoms with Gasteiger partial charge in [0, 0.05) is 45.3 Å². The summed E-state index contributed by atoms with van der Waals surface area (Å²) >= 11 is 0. The molecule has 2 aromatic heterocycles. The lowest BCUT2D eigenvalue weighted by atomic mass is 9.94. The third kappa shape index (κ3) is 3.99. The van der Waals surface area contributed by atoms with Gasteiger partial charge in [-0.2, -0.15) is 0 Å². The summed E-state index contributed by atoms with van der Waals surface area (Å²) in [6.45, 7) is 4.23. The van der Waals surface area contributed by atoms with E-state index >= 15 is 0 Å². The minimum absolute atomic E-state index is 0.579. The molecule has 0 saturated heterocycles. The molecule has 6 nitrogen and oxygen atoms in total. The average molecular weight is 497 g/mol. The molecule has 190 valence electrons. The normalized spacial score (nSPS) is 11.1. The van der Waals surface area contributed by atoms with Crippen molar-refractivity contribution >= 4 is 21.8 Å². The first-order valence-electron chi connectivity index (χ1n) is 12.2. The number of nitrogens with one attached hydrogen (secondary N) is 2. The molecule has 0 aliphatic carbocycles. The van der Waals surface area contributed by atoms with Gasteiger partial charge < -0.3 is 28.9 Å². The van der Waals surface area contributed by atoms with Crippen molar-refractivity contribution in [3.8, 4) is 45.3 Å². The molecule has 0 radical (unpaired) electrons. The first-order chi connectivity index (χ1) is 18.0. The SMILES string of the molecule is COc1c(OC)c(-c2c[nH]c3c(CC=C(C)C)cccc23)c(OC)c(OC)c1-c1c[nH]c2ccccc12. The zero-order valence-corrected chi connectivity index (χ0v) is 22.1. The van der Waals surface area contributed by atoms with Gasteiger partial charge in [-0.3, -0.25) is 0 Å². The smallest absolute Gasteiger partial charge is 0.173 e.